The highest BCUT2D eigenvalue weighted by molar-refractivity contribution is 9.10. The Morgan fingerprint density at radius 1 is 1.19 bits per heavy atom. The number of nitrogens with zero attached hydrogens (tertiary/aromatic N) is 3. The molecule has 1 saturated heterocycles. The third kappa shape index (κ3) is 6.93. The first kappa shape index (κ1) is 26.1. The van der Waals surface area contributed by atoms with Crippen LogP contribution < -0.4 is 10.3 Å². The van der Waals surface area contributed by atoms with Crippen molar-refractivity contribution in [1.29, 1.82) is 0 Å². The van der Waals surface area contributed by atoms with Crippen LogP contribution in [0.15, 0.2) is 15.6 Å². The van der Waals surface area contributed by atoms with E-state index in [2.05, 4.69) is 20.9 Å². The fourth-order valence-electron chi connectivity index (χ4n) is 3.04. The molecule has 0 radical (unpaired) electrons. The Morgan fingerprint density at radius 3 is 2.34 bits per heavy atom. The first-order chi connectivity index (χ1) is 14.5. The zero-order valence-corrected chi connectivity index (χ0v) is 21.4. The van der Waals surface area contributed by atoms with Gasteiger partial charge in [0.15, 0.2) is 0 Å². The molecule has 0 spiro atoms. The van der Waals surface area contributed by atoms with Gasteiger partial charge in [0, 0.05) is 0 Å². The Hall–Kier alpha value is -2.14. The molecule has 0 saturated carbocycles. The van der Waals surface area contributed by atoms with E-state index < -0.39 is 40.6 Å². The summed E-state index contributed by atoms with van der Waals surface area (Å²) in [6.07, 6.45) is 0.695. The van der Waals surface area contributed by atoms with Crippen LogP contribution in [0.3, 0.4) is 0 Å². The number of halogens is 1. The van der Waals surface area contributed by atoms with Crippen molar-refractivity contribution in [3.63, 3.8) is 0 Å². The van der Waals surface area contributed by atoms with E-state index >= 15 is 0 Å². The normalized spacial score (nSPS) is 18.4. The molecule has 1 amide bonds. The van der Waals surface area contributed by atoms with Crippen molar-refractivity contribution in [2.75, 3.05) is 13.2 Å². The lowest BCUT2D eigenvalue weighted by Crippen LogP contribution is -2.51. The summed E-state index contributed by atoms with van der Waals surface area (Å²) >= 11 is 3.19. The number of amides is 1. The molecule has 0 aliphatic carbocycles. The lowest BCUT2D eigenvalue weighted by Gasteiger charge is -2.34. The minimum atomic E-state index is -0.877. The van der Waals surface area contributed by atoms with Crippen LogP contribution in [-0.2, 0) is 25.5 Å². The van der Waals surface area contributed by atoms with Crippen molar-refractivity contribution in [3.8, 4) is 5.88 Å². The molecule has 2 rings (SSSR count). The average molecular weight is 518 g/mol. The Balaban J connectivity index is 2.11. The zero-order chi connectivity index (χ0) is 24.5. The van der Waals surface area contributed by atoms with Gasteiger partial charge in [0.25, 0.3) is 5.56 Å². The number of carbonyl (C=O) groups excluding carboxylic acids is 2. The van der Waals surface area contributed by atoms with Gasteiger partial charge in [-0.3, -0.25) is 19.1 Å². The third-order valence-electron chi connectivity index (χ3n) is 4.25. The highest BCUT2D eigenvalue weighted by atomic mass is 79.9. The topological polar surface area (TPSA) is 109 Å². The van der Waals surface area contributed by atoms with Gasteiger partial charge in [-0.15, -0.1) is 0 Å². The van der Waals surface area contributed by atoms with Crippen LogP contribution in [0.25, 0.3) is 0 Å². The molecule has 0 bridgehead atoms. The van der Waals surface area contributed by atoms with E-state index in [1.165, 1.54) is 11.2 Å². The van der Waals surface area contributed by atoms with Crippen LogP contribution in [0.4, 0.5) is 4.79 Å². The van der Waals surface area contributed by atoms with E-state index in [1.807, 2.05) is 0 Å². The summed E-state index contributed by atoms with van der Waals surface area (Å²) in [5, 5.41) is 0. The largest absolute Gasteiger partial charge is 0.474 e. The fraction of sp³-hybridized carbons (Fsp3) is 0.714. The van der Waals surface area contributed by atoms with Crippen molar-refractivity contribution < 1.29 is 28.5 Å². The molecule has 1 aliphatic rings. The third-order valence-corrected chi connectivity index (χ3v) is 4.93. The van der Waals surface area contributed by atoms with E-state index in [9.17, 15) is 14.4 Å². The van der Waals surface area contributed by atoms with Crippen molar-refractivity contribution in [1.82, 2.24) is 14.5 Å². The van der Waals surface area contributed by atoms with E-state index in [-0.39, 0.29) is 30.1 Å². The lowest BCUT2D eigenvalue weighted by atomic mass is 10.2. The molecule has 1 aromatic heterocycles. The maximum atomic E-state index is 12.7. The predicted molar refractivity (Wildman–Crippen MR) is 119 cm³/mol. The van der Waals surface area contributed by atoms with Gasteiger partial charge in [0.2, 0.25) is 5.88 Å². The predicted octanol–water partition coefficient (Wildman–Crippen LogP) is 3.10. The summed E-state index contributed by atoms with van der Waals surface area (Å²) in [7, 11) is 0. The highest BCUT2D eigenvalue weighted by Crippen LogP contribution is 2.30. The number of carbonyl (C=O) groups is 2. The van der Waals surface area contributed by atoms with Crippen molar-refractivity contribution >= 4 is 28.0 Å². The van der Waals surface area contributed by atoms with E-state index in [0.717, 1.165) is 4.57 Å². The van der Waals surface area contributed by atoms with Crippen LogP contribution in [-0.4, -0.2) is 62.7 Å². The zero-order valence-electron chi connectivity index (χ0n) is 19.9. The van der Waals surface area contributed by atoms with E-state index in [0.29, 0.717) is 0 Å². The molecule has 32 heavy (non-hydrogen) atoms. The van der Waals surface area contributed by atoms with Crippen molar-refractivity contribution in [3.05, 3.63) is 21.2 Å². The monoisotopic (exact) mass is 517 g/mol. The van der Waals surface area contributed by atoms with Gasteiger partial charge in [0.05, 0.1) is 12.6 Å². The summed E-state index contributed by atoms with van der Waals surface area (Å²) < 4.78 is 23.4. The molecule has 2 heterocycles. The number of ether oxygens (including phenoxy) is 4. The molecular weight excluding hydrogens is 486 g/mol. The van der Waals surface area contributed by atoms with E-state index in [1.54, 1.807) is 55.4 Å². The van der Waals surface area contributed by atoms with Gasteiger partial charge < -0.3 is 18.9 Å². The molecule has 0 unspecified atom stereocenters. The van der Waals surface area contributed by atoms with E-state index in [4.69, 9.17) is 18.9 Å². The summed E-state index contributed by atoms with van der Waals surface area (Å²) in [5.74, 6) is -0.510. The molecule has 1 aliphatic heterocycles. The second-order valence-electron chi connectivity index (χ2n) is 9.96. The molecule has 11 heteroatoms. The van der Waals surface area contributed by atoms with Gasteiger partial charge in [-0.25, -0.2) is 9.78 Å². The SMILES string of the molecule is CC(C)(C)OC(=O)Cn1cnc(OC[C@@H]2COC(C)(C)N2C(=O)OC(C)(C)C)c(Br)c1=O. The molecule has 0 aromatic carbocycles. The Labute approximate surface area is 196 Å². The van der Waals surface area contributed by atoms with Crippen LogP contribution in [0, 0.1) is 0 Å². The van der Waals surface area contributed by atoms with Gasteiger partial charge in [-0.2, -0.15) is 0 Å². The maximum absolute atomic E-state index is 12.7. The number of hydrogen-bond acceptors (Lipinski definition) is 8. The quantitative estimate of drug-likeness (QED) is 0.548. The maximum Gasteiger partial charge on any atom is 0.413 e. The fourth-order valence-corrected chi connectivity index (χ4v) is 3.48. The number of aromatic nitrogens is 2. The molecule has 0 N–H and O–H groups in total. The molecule has 10 nitrogen and oxygen atoms in total. The first-order valence-corrected chi connectivity index (χ1v) is 11.1. The van der Waals surface area contributed by atoms with Crippen molar-refractivity contribution in [2.45, 2.75) is 84.9 Å². The molecule has 180 valence electrons. The lowest BCUT2D eigenvalue weighted by molar-refractivity contribution is -0.155. The van der Waals surface area contributed by atoms with Gasteiger partial charge in [-0.05, 0) is 71.3 Å². The molecule has 1 fully saturated rings. The smallest absolute Gasteiger partial charge is 0.413 e. The minimum absolute atomic E-state index is 0.0315. The highest BCUT2D eigenvalue weighted by Gasteiger charge is 2.46. The van der Waals surface area contributed by atoms with Crippen LogP contribution in [0.5, 0.6) is 5.88 Å². The summed E-state index contributed by atoms with van der Waals surface area (Å²) in [5.41, 5.74) is -2.69. The standard InChI is InChI=1S/C21H32BrN3O7/c1-19(2,3)31-14(26)9-24-12-23-16(15(22)17(24)27)29-10-13-11-30-21(7,8)25(13)18(28)32-20(4,5)6/h12-13H,9-11H2,1-8H3/t13-/m1/s1. The summed E-state index contributed by atoms with van der Waals surface area (Å²) in [4.78, 5) is 42.9. The summed E-state index contributed by atoms with van der Waals surface area (Å²) in [6.45, 7) is 14.1. The second kappa shape index (κ2) is 9.38. The van der Waals surface area contributed by atoms with Crippen LogP contribution in [0.2, 0.25) is 0 Å². The Bertz CT molecular complexity index is 915. The van der Waals surface area contributed by atoms with Gasteiger partial charge in [-0.1, -0.05) is 0 Å². The first-order valence-electron chi connectivity index (χ1n) is 10.3. The van der Waals surface area contributed by atoms with Crippen LogP contribution >= 0.6 is 15.9 Å². The number of rotatable bonds is 5. The molecule has 1 atom stereocenters. The number of hydrogen-bond donors (Lipinski definition) is 0. The Kier molecular flexibility index (Phi) is 7.66. The Morgan fingerprint density at radius 2 is 1.78 bits per heavy atom. The summed E-state index contributed by atoms with van der Waals surface area (Å²) in [6, 6.07) is -0.447. The average Bonchev–Trinajstić information content (AvgIpc) is 2.89. The van der Waals surface area contributed by atoms with Gasteiger partial charge >= 0.3 is 12.1 Å². The van der Waals surface area contributed by atoms with Gasteiger partial charge in [0.1, 0.15) is 40.9 Å². The minimum Gasteiger partial charge on any atom is -0.474 e. The van der Waals surface area contributed by atoms with Crippen molar-refractivity contribution in [2.24, 2.45) is 0 Å². The number of esters is 1. The second-order valence-corrected chi connectivity index (χ2v) is 10.7. The molecular formula is C21H32BrN3O7. The molecule has 1 aromatic rings. The van der Waals surface area contributed by atoms with Crippen LogP contribution in [0.1, 0.15) is 55.4 Å².